The Bertz CT molecular complexity index is 1900. The fraction of sp³-hybridized carbons (Fsp3) is 0.222. The average Bonchev–Trinajstić information content (AvgIpc) is 3.40. The van der Waals surface area contributed by atoms with Crippen LogP contribution in [0.5, 0.6) is 11.5 Å². The highest BCUT2D eigenvalue weighted by molar-refractivity contribution is 7.89. The van der Waals surface area contributed by atoms with Gasteiger partial charge in [-0.1, -0.05) is 0 Å². The molecule has 5 rings (SSSR count). The number of aromatic nitrogens is 2. The molecule has 5 atom stereocenters. The lowest BCUT2D eigenvalue weighted by Crippen LogP contribution is -2.60. The number of aromatic amines is 1. The van der Waals surface area contributed by atoms with E-state index in [9.17, 15) is 43.9 Å². The van der Waals surface area contributed by atoms with E-state index in [4.69, 9.17) is 21.0 Å². The topological polar surface area (TPSA) is 298 Å². The Kier molecular flexibility index (Phi) is 8.03. The summed E-state index contributed by atoms with van der Waals surface area (Å²) in [5, 5.41) is 77.1. The summed E-state index contributed by atoms with van der Waals surface area (Å²) < 4.78 is 29.1. The number of ether oxygens (including phenoxy) is 1. The zero-order chi connectivity index (χ0) is 32.1. The molecule has 0 spiro atoms. The first-order chi connectivity index (χ1) is 20.6. The third-order valence-corrected chi connectivity index (χ3v) is 8.07. The van der Waals surface area contributed by atoms with Gasteiger partial charge < -0.3 is 51.4 Å². The molecule has 0 bridgehead atoms. The van der Waals surface area contributed by atoms with Crippen molar-refractivity contribution in [3.8, 4) is 34.0 Å². The molecule has 44 heavy (non-hydrogen) atoms. The number of aliphatic hydroxyl groups excluding tert-OH is 4. The number of aromatic hydroxyl groups is 2. The highest BCUT2D eigenvalue weighted by Crippen LogP contribution is 2.42. The molecule has 1 fully saturated rings. The summed E-state index contributed by atoms with van der Waals surface area (Å²) in [5.41, 5.74) is 6.27. The van der Waals surface area contributed by atoms with Crippen LogP contribution < -0.4 is 16.2 Å². The van der Waals surface area contributed by atoms with Crippen molar-refractivity contribution in [3.63, 3.8) is 0 Å². The molecule has 232 valence electrons. The Morgan fingerprint density at radius 2 is 1.66 bits per heavy atom. The van der Waals surface area contributed by atoms with Crippen LogP contribution in [0, 0.1) is 5.41 Å². The van der Waals surface area contributed by atoms with Crippen LogP contribution in [0.15, 0.2) is 53.4 Å². The number of nitrogens with one attached hydrogen (secondary N) is 3. The lowest BCUT2D eigenvalue weighted by atomic mass is 9.96. The quantitative estimate of drug-likeness (QED) is 0.0847. The minimum absolute atomic E-state index is 0.0449. The molecular formula is C27H28N6O10S. The molecule has 1 amide bonds. The number of amides is 1. The number of H-pyrrole nitrogens is 1. The van der Waals surface area contributed by atoms with E-state index >= 15 is 0 Å². The number of hydrogen-bond donors (Lipinski definition) is 11. The number of nitrogens with two attached hydrogens (primary N) is 2. The second-order valence-corrected chi connectivity index (χ2v) is 11.7. The third-order valence-electron chi connectivity index (χ3n) is 7.16. The summed E-state index contributed by atoms with van der Waals surface area (Å²) in [7, 11) is -4.23. The first kappa shape index (κ1) is 30.8. The minimum atomic E-state index is -4.23. The molecule has 13 N–H and O–H groups in total. The van der Waals surface area contributed by atoms with E-state index in [1.807, 2.05) is 0 Å². The van der Waals surface area contributed by atoms with Gasteiger partial charge in [-0.05, 0) is 48.5 Å². The molecule has 1 saturated heterocycles. The summed E-state index contributed by atoms with van der Waals surface area (Å²) in [6.45, 7) is -0.434. The molecule has 4 aromatic rings. The van der Waals surface area contributed by atoms with Gasteiger partial charge in [-0.3, -0.25) is 10.2 Å². The molecule has 1 aromatic heterocycles. The number of amidine groups is 1. The smallest absolute Gasteiger partial charge is 0.251 e. The zero-order valence-electron chi connectivity index (χ0n) is 22.5. The van der Waals surface area contributed by atoms with Crippen LogP contribution >= 0.6 is 0 Å². The maximum atomic E-state index is 13.4. The van der Waals surface area contributed by atoms with E-state index in [-0.39, 0.29) is 38.8 Å². The number of nitrogens with zero attached hydrogens (tertiary/aromatic N) is 1. The maximum absolute atomic E-state index is 13.4. The Hall–Kier alpha value is -4.62. The molecule has 0 radical (unpaired) electrons. The number of phenols is 2. The fourth-order valence-corrected chi connectivity index (χ4v) is 5.29. The molecule has 17 heteroatoms. The van der Waals surface area contributed by atoms with E-state index in [2.05, 4.69) is 15.3 Å². The number of phenolic OH excluding ortho intramolecular Hbond substituents is 2. The van der Waals surface area contributed by atoms with Crippen LogP contribution in [0.1, 0.15) is 15.9 Å². The molecule has 3 aromatic carbocycles. The third kappa shape index (κ3) is 5.80. The van der Waals surface area contributed by atoms with Crippen molar-refractivity contribution < 1.29 is 48.6 Å². The standard InChI is InChI=1S/C27H28N6O10S/c28-24(29)10-1-3-16-17(7-10)33-25(32-16)15-6-11(26(39)31-9-19-21(36)22(37)23(38)27(40)43-19)5-14(20(15)35)13-8-12(44(30,41)42)2-4-18(13)34/h1-8,19,21-23,27,34-38,40H,9H2,(H3,28,29)(H,31,39)(H,32,33)(H2,30,41,42). The first-order valence-corrected chi connectivity index (χ1v) is 14.4. The lowest BCUT2D eigenvalue weighted by Gasteiger charge is -2.38. The van der Waals surface area contributed by atoms with E-state index in [0.717, 1.165) is 24.3 Å². The van der Waals surface area contributed by atoms with Crippen molar-refractivity contribution in [3.05, 3.63) is 59.7 Å². The van der Waals surface area contributed by atoms with Gasteiger partial charge in [0.15, 0.2) is 6.29 Å². The molecule has 2 heterocycles. The van der Waals surface area contributed by atoms with E-state index in [0.29, 0.717) is 16.6 Å². The SMILES string of the molecule is N=C(N)c1ccc2[nH]c(-c3cc(C(=O)NCC4OC(O)C(O)C(O)C4O)cc(-c4cc(S(N)(=O)=O)ccc4O)c3O)nc2c1. The van der Waals surface area contributed by atoms with Crippen LogP contribution in [0.4, 0.5) is 0 Å². The summed E-state index contributed by atoms with van der Waals surface area (Å²) >= 11 is 0. The van der Waals surface area contributed by atoms with E-state index in [1.165, 1.54) is 12.1 Å². The summed E-state index contributed by atoms with van der Waals surface area (Å²) in [5.74, 6) is -1.90. The van der Waals surface area contributed by atoms with Gasteiger partial charge in [-0.15, -0.1) is 0 Å². The fourth-order valence-electron chi connectivity index (χ4n) is 4.76. The predicted molar refractivity (Wildman–Crippen MR) is 154 cm³/mol. The van der Waals surface area contributed by atoms with Gasteiger partial charge in [0.25, 0.3) is 5.91 Å². The maximum Gasteiger partial charge on any atom is 0.251 e. The van der Waals surface area contributed by atoms with Gasteiger partial charge in [0.05, 0.1) is 21.5 Å². The number of benzene rings is 3. The monoisotopic (exact) mass is 628 g/mol. The molecule has 1 aliphatic rings. The number of carbonyl (C=O) groups is 1. The lowest BCUT2D eigenvalue weighted by molar-refractivity contribution is -0.279. The van der Waals surface area contributed by atoms with Crippen molar-refractivity contribution in [2.24, 2.45) is 10.9 Å². The largest absolute Gasteiger partial charge is 0.507 e. The second kappa shape index (κ2) is 11.5. The number of hydrogen-bond acceptors (Lipinski definition) is 12. The van der Waals surface area contributed by atoms with E-state index in [1.54, 1.807) is 12.1 Å². The first-order valence-electron chi connectivity index (χ1n) is 12.9. The van der Waals surface area contributed by atoms with Gasteiger partial charge in [-0.2, -0.15) is 0 Å². The number of sulfonamides is 1. The second-order valence-electron chi connectivity index (χ2n) is 10.1. The number of fused-ring (bicyclic) bond motifs is 1. The molecule has 16 nitrogen and oxygen atoms in total. The predicted octanol–water partition coefficient (Wildman–Crippen LogP) is -1.23. The number of primary sulfonamides is 1. The van der Waals surface area contributed by atoms with Gasteiger partial charge >= 0.3 is 0 Å². The highest BCUT2D eigenvalue weighted by Gasteiger charge is 2.43. The molecular weight excluding hydrogens is 600 g/mol. The van der Waals surface area contributed by atoms with Crippen LogP contribution in [-0.2, 0) is 14.8 Å². The Morgan fingerprint density at radius 1 is 0.955 bits per heavy atom. The zero-order valence-corrected chi connectivity index (χ0v) is 23.4. The molecule has 0 saturated carbocycles. The average molecular weight is 629 g/mol. The molecule has 5 unspecified atom stereocenters. The van der Waals surface area contributed by atoms with Gasteiger partial charge in [0, 0.05) is 28.8 Å². The molecule has 0 aliphatic carbocycles. The van der Waals surface area contributed by atoms with Crippen molar-refractivity contribution in [2.45, 2.75) is 35.6 Å². The van der Waals surface area contributed by atoms with Crippen molar-refractivity contribution >= 4 is 32.8 Å². The van der Waals surface area contributed by atoms with E-state index < -0.39 is 64.7 Å². The highest BCUT2D eigenvalue weighted by atomic mass is 32.2. The summed E-state index contributed by atoms with van der Waals surface area (Å²) in [6, 6.07) is 10.3. The van der Waals surface area contributed by atoms with Gasteiger partial charge in [-0.25, -0.2) is 18.5 Å². The van der Waals surface area contributed by atoms with Crippen molar-refractivity contribution in [2.75, 3.05) is 6.54 Å². The number of carbonyl (C=O) groups excluding carboxylic acids is 1. The summed E-state index contributed by atoms with van der Waals surface area (Å²) in [4.78, 5) is 20.4. The van der Waals surface area contributed by atoms with Crippen LogP contribution in [0.25, 0.3) is 33.5 Å². The number of imidazole rings is 1. The Balaban J connectivity index is 1.60. The van der Waals surface area contributed by atoms with Crippen LogP contribution in [-0.4, -0.2) is 98.0 Å². The Labute approximate surface area is 248 Å². The normalized spacial score (nSPS) is 22.2. The number of nitrogen functional groups attached to an aromatic ring is 1. The molecule has 1 aliphatic heterocycles. The minimum Gasteiger partial charge on any atom is -0.507 e. The summed E-state index contributed by atoms with van der Waals surface area (Å²) in [6.07, 6.45) is -8.32. The number of aliphatic hydroxyl groups is 4. The van der Waals surface area contributed by atoms with Gasteiger partial charge in [0.2, 0.25) is 10.0 Å². The number of rotatable bonds is 7. The van der Waals surface area contributed by atoms with Crippen LogP contribution in [0.3, 0.4) is 0 Å². The van der Waals surface area contributed by atoms with Crippen molar-refractivity contribution in [1.82, 2.24) is 15.3 Å². The van der Waals surface area contributed by atoms with Crippen molar-refractivity contribution in [1.29, 1.82) is 5.41 Å². The Morgan fingerprint density at radius 3 is 2.34 bits per heavy atom. The van der Waals surface area contributed by atoms with Crippen LogP contribution in [0.2, 0.25) is 0 Å². The van der Waals surface area contributed by atoms with Gasteiger partial charge in [0.1, 0.15) is 47.6 Å².